The number of halogens is 1. The second kappa shape index (κ2) is 7.14. The second-order valence-corrected chi connectivity index (χ2v) is 8.00. The van der Waals surface area contributed by atoms with Gasteiger partial charge in [-0.3, -0.25) is 9.59 Å². The van der Waals surface area contributed by atoms with Crippen molar-refractivity contribution in [3.63, 3.8) is 0 Å². The number of rotatable bonds is 5. The van der Waals surface area contributed by atoms with Crippen molar-refractivity contribution in [3.8, 4) is 0 Å². The molecule has 0 spiro atoms. The van der Waals surface area contributed by atoms with Gasteiger partial charge in [-0.25, -0.2) is 0 Å². The predicted molar refractivity (Wildman–Crippen MR) is 97.1 cm³/mol. The maximum absolute atomic E-state index is 13.2. The van der Waals surface area contributed by atoms with Crippen LogP contribution in [0.15, 0.2) is 24.3 Å². The fraction of sp³-hybridized carbons (Fsp3) is 0.579. The molecule has 0 aliphatic heterocycles. The summed E-state index contributed by atoms with van der Waals surface area (Å²) in [7, 11) is 0. The van der Waals surface area contributed by atoms with E-state index in [1.54, 1.807) is 4.90 Å². The monoisotopic (exact) mass is 350 g/mol. The molecule has 0 aromatic heterocycles. The van der Waals surface area contributed by atoms with Gasteiger partial charge in [0.1, 0.15) is 0 Å². The molecular formula is C19H27ClN2O2. The van der Waals surface area contributed by atoms with Gasteiger partial charge >= 0.3 is 0 Å². The zero-order chi connectivity index (χ0) is 18.0. The van der Waals surface area contributed by atoms with Crippen LogP contribution in [0.1, 0.15) is 52.5 Å². The summed E-state index contributed by atoms with van der Waals surface area (Å²) < 4.78 is 0. The lowest BCUT2D eigenvalue weighted by Gasteiger charge is -2.43. The summed E-state index contributed by atoms with van der Waals surface area (Å²) in [6.45, 7) is 8.34. The third kappa shape index (κ3) is 4.10. The molecule has 0 bridgehead atoms. The van der Waals surface area contributed by atoms with Gasteiger partial charge in [-0.15, -0.1) is 0 Å². The van der Waals surface area contributed by atoms with E-state index in [1.807, 2.05) is 52.0 Å². The van der Waals surface area contributed by atoms with Crippen LogP contribution in [0.25, 0.3) is 0 Å². The molecule has 0 heterocycles. The first kappa shape index (κ1) is 18.8. The molecule has 132 valence electrons. The first-order valence-corrected chi connectivity index (χ1v) is 8.92. The van der Waals surface area contributed by atoms with Gasteiger partial charge in [-0.2, -0.15) is 0 Å². The molecule has 1 aliphatic rings. The highest BCUT2D eigenvalue weighted by Gasteiger charge is 2.47. The fourth-order valence-corrected chi connectivity index (χ4v) is 3.31. The third-order valence-electron chi connectivity index (χ3n) is 4.53. The van der Waals surface area contributed by atoms with E-state index in [0.29, 0.717) is 11.6 Å². The molecular weight excluding hydrogens is 324 g/mol. The Morgan fingerprint density at radius 1 is 1.21 bits per heavy atom. The van der Waals surface area contributed by atoms with Gasteiger partial charge < -0.3 is 10.2 Å². The van der Waals surface area contributed by atoms with E-state index in [1.165, 1.54) is 0 Å². The number of benzene rings is 1. The topological polar surface area (TPSA) is 49.4 Å². The van der Waals surface area contributed by atoms with Gasteiger partial charge in [0, 0.05) is 17.1 Å². The normalized spacial score (nSPS) is 16.2. The molecule has 1 saturated carbocycles. The van der Waals surface area contributed by atoms with Crippen LogP contribution in [0.5, 0.6) is 0 Å². The third-order valence-corrected chi connectivity index (χ3v) is 4.78. The molecule has 0 unspecified atom stereocenters. The highest BCUT2D eigenvalue weighted by atomic mass is 35.5. The van der Waals surface area contributed by atoms with Crippen LogP contribution in [0.2, 0.25) is 5.02 Å². The highest BCUT2D eigenvalue weighted by Crippen LogP contribution is 2.45. The average Bonchev–Trinajstić information content (AvgIpc) is 2.43. The number of hydrogen-bond donors (Lipinski definition) is 1. The van der Waals surface area contributed by atoms with Crippen molar-refractivity contribution in [2.24, 2.45) is 0 Å². The summed E-state index contributed by atoms with van der Waals surface area (Å²) >= 11 is 5.97. The maximum Gasteiger partial charge on any atom is 0.240 e. The van der Waals surface area contributed by atoms with Crippen LogP contribution in [0.4, 0.5) is 0 Å². The van der Waals surface area contributed by atoms with Crippen molar-refractivity contribution in [2.75, 3.05) is 13.1 Å². The summed E-state index contributed by atoms with van der Waals surface area (Å²) in [6, 6.07) is 7.52. The number of nitrogens with one attached hydrogen (secondary N) is 1. The van der Waals surface area contributed by atoms with Gasteiger partial charge in [0.05, 0.1) is 12.0 Å². The number of carbonyl (C=O) groups is 2. The fourth-order valence-electron chi connectivity index (χ4n) is 3.19. The summed E-state index contributed by atoms with van der Waals surface area (Å²) in [5.41, 5.74) is 0.199. The number of hydrogen-bond acceptors (Lipinski definition) is 2. The van der Waals surface area contributed by atoms with Gasteiger partial charge in [-0.05, 0) is 58.2 Å². The van der Waals surface area contributed by atoms with Crippen molar-refractivity contribution >= 4 is 23.4 Å². The summed E-state index contributed by atoms with van der Waals surface area (Å²) in [5, 5.41) is 3.59. The Labute approximate surface area is 149 Å². The minimum Gasteiger partial charge on any atom is -0.350 e. The molecule has 4 nitrogen and oxygen atoms in total. The number of amides is 2. The molecule has 1 fully saturated rings. The van der Waals surface area contributed by atoms with Crippen molar-refractivity contribution in [3.05, 3.63) is 34.9 Å². The smallest absolute Gasteiger partial charge is 0.240 e. The van der Waals surface area contributed by atoms with Crippen LogP contribution in [-0.4, -0.2) is 35.3 Å². The molecule has 1 aromatic rings. The van der Waals surface area contributed by atoms with Crippen molar-refractivity contribution in [1.82, 2.24) is 10.2 Å². The Kier molecular flexibility index (Phi) is 5.59. The number of carbonyl (C=O) groups excluding carboxylic acids is 2. The van der Waals surface area contributed by atoms with Crippen molar-refractivity contribution < 1.29 is 9.59 Å². The lowest BCUT2D eigenvalue weighted by Crippen LogP contribution is -2.54. The van der Waals surface area contributed by atoms with Gasteiger partial charge in [0.25, 0.3) is 0 Å². The summed E-state index contributed by atoms with van der Waals surface area (Å²) in [5.74, 6) is -0.0779. The lowest BCUT2D eigenvalue weighted by atomic mass is 9.63. The summed E-state index contributed by atoms with van der Waals surface area (Å²) in [6.07, 6.45) is 2.68. The zero-order valence-electron chi connectivity index (χ0n) is 15.0. The standard InChI is InChI=1S/C19H27ClN2O2/c1-5-22(13-16(23)21-18(2,3)4)17(24)19(11-6-12-19)14-7-9-15(20)10-8-14/h7-10H,5-6,11-13H2,1-4H3,(H,21,23). The van der Waals surface area contributed by atoms with Crippen LogP contribution in [0.3, 0.4) is 0 Å². The van der Waals surface area contributed by atoms with E-state index in [-0.39, 0.29) is 23.9 Å². The van der Waals surface area contributed by atoms with Crippen LogP contribution in [-0.2, 0) is 15.0 Å². The van der Waals surface area contributed by atoms with Crippen LogP contribution in [0, 0.1) is 0 Å². The highest BCUT2D eigenvalue weighted by molar-refractivity contribution is 6.30. The Morgan fingerprint density at radius 3 is 2.21 bits per heavy atom. The van der Waals surface area contributed by atoms with Gasteiger partial charge in [-0.1, -0.05) is 30.2 Å². The Hall–Kier alpha value is -1.55. The molecule has 1 aromatic carbocycles. The molecule has 0 atom stereocenters. The predicted octanol–water partition coefficient (Wildman–Crippen LogP) is 3.52. The van der Waals surface area contributed by atoms with E-state index in [2.05, 4.69) is 5.32 Å². The van der Waals surface area contributed by atoms with E-state index < -0.39 is 5.41 Å². The first-order chi connectivity index (χ1) is 11.2. The quantitative estimate of drug-likeness (QED) is 0.883. The largest absolute Gasteiger partial charge is 0.350 e. The minimum absolute atomic E-state index is 0.0441. The average molecular weight is 351 g/mol. The molecule has 0 saturated heterocycles. The molecule has 5 heteroatoms. The van der Waals surface area contributed by atoms with Gasteiger partial charge in [0.2, 0.25) is 11.8 Å². The molecule has 24 heavy (non-hydrogen) atoms. The molecule has 2 amide bonds. The van der Waals surface area contributed by atoms with E-state index in [9.17, 15) is 9.59 Å². The molecule has 2 rings (SSSR count). The Balaban J connectivity index is 2.16. The van der Waals surface area contributed by atoms with Crippen LogP contribution >= 0.6 is 11.6 Å². The molecule has 1 aliphatic carbocycles. The molecule has 0 radical (unpaired) electrons. The minimum atomic E-state index is -0.497. The Bertz CT molecular complexity index is 601. The lowest BCUT2D eigenvalue weighted by molar-refractivity contribution is -0.144. The van der Waals surface area contributed by atoms with Crippen LogP contribution < -0.4 is 5.32 Å². The van der Waals surface area contributed by atoms with E-state index in [0.717, 1.165) is 24.8 Å². The zero-order valence-corrected chi connectivity index (χ0v) is 15.7. The number of nitrogens with zero attached hydrogens (tertiary/aromatic N) is 1. The first-order valence-electron chi connectivity index (χ1n) is 8.54. The molecule has 1 N–H and O–H groups in total. The second-order valence-electron chi connectivity index (χ2n) is 7.56. The van der Waals surface area contributed by atoms with Gasteiger partial charge in [0.15, 0.2) is 0 Å². The number of likely N-dealkylation sites (N-methyl/N-ethyl adjacent to an activating group) is 1. The van der Waals surface area contributed by atoms with E-state index >= 15 is 0 Å². The summed E-state index contributed by atoms with van der Waals surface area (Å²) in [4.78, 5) is 27.1. The SMILES string of the molecule is CCN(CC(=O)NC(C)(C)C)C(=O)C1(c2ccc(Cl)cc2)CCC1. The van der Waals surface area contributed by atoms with E-state index in [4.69, 9.17) is 11.6 Å². The van der Waals surface area contributed by atoms with Crippen molar-refractivity contribution in [1.29, 1.82) is 0 Å². The maximum atomic E-state index is 13.2. The van der Waals surface area contributed by atoms with Crippen molar-refractivity contribution in [2.45, 2.75) is 57.9 Å². The Morgan fingerprint density at radius 2 is 1.79 bits per heavy atom.